The Kier molecular flexibility index (Phi) is 23.7. The van der Waals surface area contributed by atoms with Crippen molar-refractivity contribution < 1.29 is 4.74 Å². The molecule has 1 aliphatic rings. The molecule has 11 heteroatoms. The highest BCUT2D eigenvalue weighted by atomic mass is 16.5. The summed E-state index contributed by atoms with van der Waals surface area (Å²) >= 11 is 0. The Bertz CT molecular complexity index is 1450. The van der Waals surface area contributed by atoms with E-state index in [1.165, 1.54) is 6.21 Å². The van der Waals surface area contributed by atoms with Crippen molar-refractivity contribution in [3.8, 4) is 0 Å². The van der Waals surface area contributed by atoms with Crippen molar-refractivity contribution in [2.75, 3.05) is 65.5 Å². The monoisotopic (exact) mass is 713 g/mol. The summed E-state index contributed by atoms with van der Waals surface area (Å²) in [6.45, 7) is 13.6. The number of anilines is 1. The van der Waals surface area contributed by atoms with Crippen LogP contribution in [0.15, 0.2) is 88.1 Å². The van der Waals surface area contributed by atoms with E-state index in [9.17, 15) is 0 Å². The second-order valence-corrected chi connectivity index (χ2v) is 12.4. The lowest BCUT2D eigenvalue weighted by Gasteiger charge is -2.19. The van der Waals surface area contributed by atoms with Crippen LogP contribution in [0.4, 0.5) is 5.82 Å². The van der Waals surface area contributed by atoms with Gasteiger partial charge in [0.15, 0.2) is 5.84 Å². The Labute approximate surface area is 313 Å². The Balaban J connectivity index is 2.01. The van der Waals surface area contributed by atoms with E-state index < -0.39 is 0 Å². The molecule has 0 aliphatic carbocycles. The van der Waals surface area contributed by atoms with Crippen molar-refractivity contribution in [3.63, 3.8) is 0 Å². The van der Waals surface area contributed by atoms with E-state index in [1.807, 2.05) is 69.4 Å². The second kappa shape index (κ2) is 28.2. The molecular formula is C41H64N10O. The van der Waals surface area contributed by atoms with E-state index in [0.29, 0.717) is 43.6 Å². The van der Waals surface area contributed by atoms with Crippen LogP contribution >= 0.6 is 0 Å². The Hall–Kier alpha value is -4.45. The van der Waals surface area contributed by atoms with E-state index in [2.05, 4.69) is 81.7 Å². The fourth-order valence-electron chi connectivity index (χ4n) is 5.23. The molecule has 2 heterocycles. The number of amidine groups is 1. The molecule has 0 saturated heterocycles. The first-order valence-corrected chi connectivity index (χ1v) is 18.8. The lowest BCUT2D eigenvalue weighted by molar-refractivity contribution is 0.149. The highest BCUT2D eigenvalue weighted by molar-refractivity contribution is 6.41. The summed E-state index contributed by atoms with van der Waals surface area (Å²) in [5, 5.41) is 22.8. The molecule has 0 fully saturated rings. The van der Waals surface area contributed by atoms with Gasteiger partial charge < -0.3 is 31.1 Å². The van der Waals surface area contributed by atoms with Gasteiger partial charge in [0.1, 0.15) is 5.82 Å². The molecule has 11 nitrogen and oxygen atoms in total. The van der Waals surface area contributed by atoms with Crippen molar-refractivity contribution in [3.05, 3.63) is 89.8 Å². The van der Waals surface area contributed by atoms with E-state index in [-0.39, 0.29) is 0 Å². The molecule has 284 valence electrons. The molecule has 1 aromatic rings. The van der Waals surface area contributed by atoms with Crippen molar-refractivity contribution in [2.45, 2.75) is 66.2 Å². The van der Waals surface area contributed by atoms with Crippen LogP contribution in [0.5, 0.6) is 0 Å². The lowest BCUT2D eigenvalue weighted by Crippen LogP contribution is -2.33. The van der Waals surface area contributed by atoms with Gasteiger partial charge in [-0.05, 0) is 81.8 Å². The van der Waals surface area contributed by atoms with Crippen molar-refractivity contribution in [1.29, 1.82) is 5.41 Å². The molecule has 2 rings (SSSR count). The zero-order chi connectivity index (χ0) is 37.7. The molecule has 0 spiro atoms. The molecule has 0 saturated carbocycles. The average molecular weight is 713 g/mol. The number of nitrogens with zero attached hydrogens (tertiary/aromatic N) is 5. The molecule has 0 bridgehead atoms. The summed E-state index contributed by atoms with van der Waals surface area (Å²) in [4.78, 5) is 16.0. The van der Waals surface area contributed by atoms with Crippen LogP contribution in [0.3, 0.4) is 0 Å². The first-order valence-electron chi connectivity index (χ1n) is 18.8. The summed E-state index contributed by atoms with van der Waals surface area (Å²) < 4.78 is 5.35. The van der Waals surface area contributed by atoms with E-state index in [4.69, 9.17) is 20.2 Å². The van der Waals surface area contributed by atoms with Gasteiger partial charge in [-0.25, -0.2) is 4.98 Å². The highest BCUT2D eigenvalue weighted by Gasteiger charge is 2.14. The lowest BCUT2D eigenvalue weighted by atomic mass is 9.99. The van der Waals surface area contributed by atoms with Gasteiger partial charge >= 0.3 is 0 Å². The van der Waals surface area contributed by atoms with Gasteiger partial charge in [-0.2, -0.15) is 5.10 Å². The number of allylic oxidation sites excluding steroid dienone is 10. The van der Waals surface area contributed by atoms with Gasteiger partial charge in [0.05, 0.1) is 31.0 Å². The van der Waals surface area contributed by atoms with E-state index in [1.54, 1.807) is 6.34 Å². The quantitative estimate of drug-likeness (QED) is 0.0232. The van der Waals surface area contributed by atoms with Gasteiger partial charge in [-0.3, -0.25) is 15.3 Å². The van der Waals surface area contributed by atoms with Crippen LogP contribution in [-0.2, 0) is 11.2 Å². The predicted molar refractivity (Wildman–Crippen MR) is 224 cm³/mol. The van der Waals surface area contributed by atoms with E-state index >= 15 is 0 Å². The third kappa shape index (κ3) is 17.7. The van der Waals surface area contributed by atoms with Gasteiger partial charge in [-0.15, -0.1) is 0 Å². The Morgan fingerprint density at radius 3 is 2.71 bits per heavy atom. The first-order chi connectivity index (χ1) is 25.5. The zero-order valence-corrected chi connectivity index (χ0v) is 32.5. The van der Waals surface area contributed by atoms with Crippen molar-refractivity contribution >= 4 is 35.5 Å². The summed E-state index contributed by atoms with van der Waals surface area (Å²) in [5.74, 6) is 1.99. The number of hydrogen-bond acceptors (Lipinski definition) is 9. The minimum absolute atomic E-state index is 0.466. The topological polar surface area (TPSA) is 134 Å². The van der Waals surface area contributed by atoms with Crippen LogP contribution in [0, 0.1) is 11.3 Å². The molecule has 1 aromatic heterocycles. The molecule has 5 N–H and O–H groups in total. The number of nitrogens with one attached hydrogen (secondary N) is 5. The Morgan fingerprint density at radius 2 is 1.96 bits per heavy atom. The van der Waals surface area contributed by atoms with E-state index in [0.717, 1.165) is 86.7 Å². The Morgan fingerprint density at radius 1 is 1.10 bits per heavy atom. The number of hydrazone groups is 1. The number of ether oxygens (including phenoxy) is 1. The molecule has 52 heavy (non-hydrogen) atoms. The summed E-state index contributed by atoms with van der Waals surface area (Å²) in [6.07, 6.45) is 31.1. The van der Waals surface area contributed by atoms with Crippen molar-refractivity contribution in [1.82, 2.24) is 25.9 Å². The maximum atomic E-state index is 8.07. The normalized spacial score (nSPS) is 14.5. The largest absolute Gasteiger partial charge is 0.380 e. The molecule has 0 amide bonds. The van der Waals surface area contributed by atoms with Crippen LogP contribution in [0.2, 0.25) is 0 Å². The first kappa shape index (κ1) is 43.7. The molecule has 0 radical (unpaired) electrons. The van der Waals surface area contributed by atoms with Gasteiger partial charge in [-0.1, -0.05) is 75.0 Å². The summed E-state index contributed by atoms with van der Waals surface area (Å²) in [5.41, 5.74) is 8.04. The smallest absolute Gasteiger partial charge is 0.169 e. The molecule has 1 unspecified atom stereocenters. The number of rotatable bonds is 26. The molecule has 1 aliphatic heterocycles. The fraction of sp³-hybridized carbons (Fsp3) is 0.488. The predicted octanol–water partition coefficient (Wildman–Crippen LogP) is 6.90. The standard InChI is InChI=1S/C41H64N10O/c1-7-11-12-14-21-36-29-37(30-42)40(47-33-45-32-44-27-28-52-10-4)49-39(36)35(19-8-2)20-16-18-24-43-26-23-34(9-3)31-48-50-41(51(5)6)38-22-15-13-17-25-46-38/h7,11-17,19-20,25,29-30,33-34,42-44,48H,8-10,18,21-24,26-28,31-32H2,1-6H3,(H,45,47,49)/b11-7-,14-12-,20-16-,35-19+,42-30?,50-41-. The van der Waals surface area contributed by atoms with Gasteiger partial charge in [0, 0.05) is 58.2 Å². The van der Waals surface area contributed by atoms with Gasteiger partial charge in [0.2, 0.25) is 0 Å². The number of hydrogen-bond donors (Lipinski definition) is 5. The van der Waals surface area contributed by atoms with Crippen molar-refractivity contribution in [2.24, 2.45) is 21.0 Å². The SMILES string of the molecule is C/C=C\C=C/Cc1cc(C=N)c(N/C=N\CNCCOCC)nc1C(/C=C\CCNCCC(CC)CN/N=C(/C1=NC=CC=CC1)N(C)C)=C/CC. The van der Waals surface area contributed by atoms with Crippen LogP contribution < -0.4 is 21.4 Å². The average Bonchev–Trinajstić information content (AvgIpc) is 3.44. The minimum atomic E-state index is 0.466. The number of pyridine rings is 1. The maximum absolute atomic E-state index is 8.07. The van der Waals surface area contributed by atoms with Gasteiger partial charge in [0.25, 0.3) is 0 Å². The fourth-order valence-corrected chi connectivity index (χ4v) is 5.23. The van der Waals surface area contributed by atoms with Crippen LogP contribution in [0.1, 0.15) is 76.6 Å². The summed E-state index contributed by atoms with van der Waals surface area (Å²) in [7, 11) is 4.01. The number of aromatic nitrogens is 1. The molecule has 1 atom stereocenters. The molecular weight excluding hydrogens is 649 g/mol. The van der Waals surface area contributed by atoms with Crippen LogP contribution in [-0.4, -0.2) is 94.1 Å². The second-order valence-electron chi connectivity index (χ2n) is 12.4. The number of aliphatic imine (C=N–C) groups is 2. The maximum Gasteiger partial charge on any atom is 0.169 e. The zero-order valence-electron chi connectivity index (χ0n) is 32.5. The molecule has 0 aromatic carbocycles. The van der Waals surface area contributed by atoms with Crippen LogP contribution in [0.25, 0.3) is 5.57 Å². The third-order valence-electron chi connectivity index (χ3n) is 8.10. The third-order valence-corrected chi connectivity index (χ3v) is 8.10. The summed E-state index contributed by atoms with van der Waals surface area (Å²) in [6, 6.07) is 2.05. The highest BCUT2D eigenvalue weighted by Crippen LogP contribution is 2.25. The minimum Gasteiger partial charge on any atom is -0.380 e.